The molecular weight excluding hydrogens is 223 g/mol. The summed E-state index contributed by atoms with van der Waals surface area (Å²) >= 11 is 0. The second-order valence-corrected chi connectivity index (χ2v) is 3.50. The Morgan fingerprint density at radius 3 is 2.82 bits per heavy atom. The number of hydrogen-bond donors (Lipinski definition) is 0. The van der Waals surface area contributed by atoms with Crippen LogP contribution in [0.3, 0.4) is 0 Å². The molecule has 1 rings (SSSR count). The van der Waals surface area contributed by atoms with Crippen molar-refractivity contribution in [2.45, 2.75) is 20.8 Å². The summed E-state index contributed by atoms with van der Waals surface area (Å²) in [6.45, 7) is 5.22. The molecule has 0 spiro atoms. The summed E-state index contributed by atoms with van der Waals surface area (Å²) in [5.74, 6) is -0.543. The molecule has 0 fully saturated rings. The Morgan fingerprint density at radius 2 is 2.18 bits per heavy atom. The summed E-state index contributed by atoms with van der Waals surface area (Å²) in [6.07, 6.45) is 1.19. The Hall–Kier alpha value is -1.84. The summed E-state index contributed by atoms with van der Waals surface area (Å²) in [5, 5.41) is 0. The number of ether oxygens (including phenoxy) is 2. The van der Waals surface area contributed by atoms with Gasteiger partial charge in [0.2, 0.25) is 0 Å². The van der Waals surface area contributed by atoms with Crippen LogP contribution in [-0.2, 0) is 9.53 Å². The monoisotopic (exact) mass is 238 g/mol. The van der Waals surface area contributed by atoms with E-state index in [0.717, 1.165) is 0 Å². The van der Waals surface area contributed by atoms with E-state index in [9.17, 15) is 9.18 Å². The highest BCUT2D eigenvalue weighted by Gasteiger charge is 2.07. The van der Waals surface area contributed by atoms with Crippen molar-refractivity contribution in [3.63, 3.8) is 0 Å². The molecule has 0 aliphatic heterocycles. The normalized spacial score (nSPS) is 11.2. The lowest BCUT2D eigenvalue weighted by molar-refractivity contribution is -0.137. The Morgan fingerprint density at radius 1 is 1.47 bits per heavy atom. The number of aryl methyl sites for hydroxylation is 1. The zero-order chi connectivity index (χ0) is 12.8. The fraction of sp³-hybridized carbons (Fsp3) is 0.308. The minimum Gasteiger partial charge on any atom is -0.463 e. The molecule has 0 heterocycles. The molecule has 0 atom stereocenters. The van der Waals surface area contributed by atoms with Crippen LogP contribution in [0.4, 0.5) is 4.39 Å². The van der Waals surface area contributed by atoms with Crippen LogP contribution in [0.2, 0.25) is 0 Å². The van der Waals surface area contributed by atoms with E-state index in [1.807, 2.05) is 0 Å². The number of hydrogen-bond acceptors (Lipinski definition) is 3. The van der Waals surface area contributed by atoms with Gasteiger partial charge in [0, 0.05) is 0 Å². The topological polar surface area (TPSA) is 35.5 Å². The zero-order valence-electron chi connectivity index (χ0n) is 10.1. The summed E-state index contributed by atoms with van der Waals surface area (Å²) < 4.78 is 23.5. The van der Waals surface area contributed by atoms with E-state index in [4.69, 9.17) is 9.47 Å². The van der Waals surface area contributed by atoms with E-state index < -0.39 is 11.8 Å². The first-order valence-corrected chi connectivity index (χ1v) is 5.32. The van der Waals surface area contributed by atoms with Gasteiger partial charge >= 0.3 is 5.97 Å². The van der Waals surface area contributed by atoms with Crippen LogP contribution in [0.25, 0.3) is 0 Å². The lowest BCUT2D eigenvalue weighted by Gasteiger charge is -2.08. The van der Waals surface area contributed by atoms with E-state index in [-0.39, 0.29) is 11.5 Å². The number of esters is 1. The van der Waals surface area contributed by atoms with Gasteiger partial charge in [-0.05, 0) is 32.4 Å². The molecule has 0 aromatic heterocycles. The molecule has 1 aromatic rings. The average Bonchev–Trinajstić information content (AvgIpc) is 2.25. The quantitative estimate of drug-likeness (QED) is 0.459. The van der Waals surface area contributed by atoms with E-state index >= 15 is 0 Å². The largest absolute Gasteiger partial charge is 0.463 e. The van der Waals surface area contributed by atoms with Crippen molar-refractivity contribution in [2.24, 2.45) is 0 Å². The highest BCUT2D eigenvalue weighted by Crippen LogP contribution is 2.21. The van der Waals surface area contributed by atoms with Gasteiger partial charge in [-0.1, -0.05) is 12.1 Å². The minimum absolute atomic E-state index is 0.100. The summed E-state index contributed by atoms with van der Waals surface area (Å²) in [6, 6.07) is 4.84. The fourth-order valence-electron chi connectivity index (χ4n) is 1.25. The van der Waals surface area contributed by atoms with Gasteiger partial charge in [-0.3, -0.25) is 0 Å². The maximum atomic E-state index is 13.6. The van der Waals surface area contributed by atoms with E-state index in [1.54, 1.807) is 32.9 Å². The van der Waals surface area contributed by atoms with Gasteiger partial charge in [-0.2, -0.15) is 0 Å². The van der Waals surface area contributed by atoms with Crippen LogP contribution in [-0.4, -0.2) is 12.6 Å². The maximum Gasteiger partial charge on any atom is 0.334 e. The van der Waals surface area contributed by atoms with Crippen LogP contribution >= 0.6 is 0 Å². The molecular formula is C13H15FO3. The average molecular weight is 238 g/mol. The van der Waals surface area contributed by atoms with Crippen molar-refractivity contribution in [3.05, 3.63) is 41.4 Å². The molecule has 0 aliphatic carbocycles. The van der Waals surface area contributed by atoms with Crippen molar-refractivity contribution >= 4 is 5.97 Å². The van der Waals surface area contributed by atoms with Crippen molar-refractivity contribution in [2.75, 3.05) is 6.61 Å². The first kappa shape index (κ1) is 13.2. The third-order valence-electron chi connectivity index (χ3n) is 2.04. The fourth-order valence-corrected chi connectivity index (χ4v) is 1.25. The Balaban J connectivity index is 2.77. The molecule has 92 valence electrons. The molecule has 3 nitrogen and oxygen atoms in total. The Kier molecular flexibility index (Phi) is 4.69. The Bertz CT molecular complexity index is 438. The number of rotatable bonds is 4. The van der Waals surface area contributed by atoms with Gasteiger partial charge in [0.05, 0.1) is 12.7 Å². The maximum absolute atomic E-state index is 13.6. The lowest BCUT2D eigenvalue weighted by atomic mass is 10.2. The van der Waals surface area contributed by atoms with Gasteiger partial charge < -0.3 is 9.47 Å². The van der Waals surface area contributed by atoms with Gasteiger partial charge in [0.15, 0.2) is 11.6 Å². The van der Waals surface area contributed by atoms with E-state index in [2.05, 4.69) is 0 Å². The van der Waals surface area contributed by atoms with Crippen LogP contribution in [0.5, 0.6) is 5.75 Å². The highest BCUT2D eigenvalue weighted by atomic mass is 19.1. The SMILES string of the molecule is CCOC(=O)C=C(C)Oc1cccc(C)c1F. The standard InChI is InChI=1S/C13H15FO3/c1-4-16-12(15)8-10(3)17-11-7-5-6-9(2)13(11)14/h5-8H,4H2,1-3H3. The van der Waals surface area contributed by atoms with Crippen molar-refractivity contribution < 1.29 is 18.7 Å². The van der Waals surface area contributed by atoms with Gasteiger partial charge in [0.25, 0.3) is 0 Å². The minimum atomic E-state index is -0.502. The van der Waals surface area contributed by atoms with Crippen LogP contribution in [0, 0.1) is 12.7 Å². The summed E-state index contributed by atoms with van der Waals surface area (Å²) in [4.78, 5) is 11.1. The summed E-state index contributed by atoms with van der Waals surface area (Å²) in [5.41, 5.74) is 0.492. The molecule has 0 aliphatic rings. The smallest absolute Gasteiger partial charge is 0.334 e. The molecule has 0 unspecified atom stereocenters. The Labute approximate surface area is 99.9 Å². The highest BCUT2D eigenvalue weighted by molar-refractivity contribution is 5.82. The first-order chi connectivity index (χ1) is 8.04. The molecule has 0 bridgehead atoms. The molecule has 0 radical (unpaired) electrons. The second kappa shape index (κ2) is 6.03. The molecule has 0 amide bonds. The van der Waals surface area contributed by atoms with Gasteiger partial charge in [-0.25, -0.2) is 9.18 Å². The number of benzene rings is 1. The molecule has 1 aromatic carbocycles. The second-order valence-electron chi connectivity index (χ2n) is 3.50. The third-order valence-corrected chi connectivity index (χ3v) is 2.04. The van der Waals surface area contributed by atoms with Gasteiger partial charge in [0.1, 0.15) is 5.76 Å². The van der Waals surface area contributed by atoms with Gasteiger partial charge in [-0.15, -0.1) is 0 Å². The first-order valence-electron chi connectivity index (χ1n) is 5.32. The lowest BCUT2D eigenvalue weighted by Crippen LogP contribution is -2.03. The van der Waals surface area contributed by atoms with Crippen molar-refractivity contribution in [3.8, 4) is 5.75 Å². The number of allylic oxidation sites excluding steroid dienone is 1. The molecule has 4 heteroatoms. The number of carbonyl (C=O) groups excluding carboxylic acids is 1. The van der Waals surface area contributed by atoms with Crippen LogP contribution in [0.1, 0.15) is 19.4 Å². The zero-order valence-corrected chi connectivity index (χ0v) is 10.1. The van der Waals surface area contributed by atoms with Crippen LogP contribution in [0.15, 0.2) is 30.0 Å². The predicted molar refractivity (Wildman–Crippen MR) is 62.2 cm³/mol. The third kappa shape index (κ3) is 3.90. The molecule has 17 heavy (non-hydrogen) atoms. The summed E-state index contributed by atoms with van der Waals surface area (Å²) in [7, 11) is 0. The van der Waals surface area contributed by atoms with Crippen molar-refractivity contribution in [1.29, 1.82) is 0 Å². The van der Waals surface area contributed by atoms with E-state index in [0.29, 0.717) is 12.2 Å². The number of halogens is 1. The van der Waals surface area contributed by atoms with Crippen LogP contribution < -0.4 is 4.74 Å². The van der Waals surface area contributed by atoms with Crippen molar-refractivity contribution in [1.82, 2.24) is 0 Å². The molecule has 0 saturated carbocycles. The molecule has 0 saturated heterocycles. The number of carbonyl (C=O) groups is 1. The predicted octanol–water partition coefficient (Wildman–Crippen LogP) is 2.98. The van der Waals surface area contributed by atoms with E-state index in [1.165, 1.54) is 12.1 Å². The molecule has 0 N–H and O–H groups in total.